The molecule has 678 valence electrons. The van der Waals surface area contributed by atoms with Crippen molar-refractivity contribution in [2.24, 2.45) is 52.4 Å². The van der Waals surface area contributed by atoms with Crippen LogP contribution in [0.1, 0.15) is 27.7 Å². The predicted molar refractivity (Wildman–Crippen MR) is 481 cm³/mol. The first kappa shape index (κ1) is 93.7. The van der Waals surface area contributed by atoms with Gasteiger partial charge in [-0.1, -0.05) is 38.1 Å². The highest BCUT2D eigenvalue weighted by Gasteiger charge is 2.29. The number of nitrogen functional groups attached to an aromatic ring is 2. The smallest absolute Gasteiger partial charge is 0.296 e. The summed E-state index contributed by atoms with van der Waals surface area (Å²) in [7, 11) is -30.3. The number of phenolic OH excluding ortho intramolecular Hbond substituents is 2. The Labute approximate surface area is 739 Å². The number of nitrogens with two attached hydrogens (primary N) is 4. The zero-order chi connectivity index (χ0) is 93.7. The highest BCUT2D eigenvalue weighted by Crippen LogP contribution is 2.47. The third-order valence-corrected chi connectivity index (χ3v) is 24.2. The van der Waals surface area contributed by atoms with E-state index in [0.717, 1.165) is 60.7 Å². The minimum atomic E-state index is -5.10. The van der Waals surface area contributed by atoms with Crippen LogP contribution in [0.25, 0.3) is 43.1 Å². The van der Waals surface area contributed by atoms with Crippen molar-refractivity contribution < 1.29 is 88.0 Å². The zero-order valence-electron chi connectivity index (χ0n) is 68.0. The van der Waals surface area contributed by atoms with Crippen LogP contribution in [0.4, 0.5) is 115 Å². The summed E-state index contributed by atoms with van der Waals surface area (Å²) < 4.78 is 215. The van der Waals surface area contributed by atoms with Crippen molar-refractivity contribution >= 4 is 219 Å². The van der Waals surface area contributed by atoms with Gasteiger partial charge in [0.15, 0.2) is 11.5 Å². The Morgan fingerprint density at radius 1 is 0.338 bits per heavy atom. The van der Waals surface area contributed by atoms with Crippen LogP contribution in [0.15, 0.2) is 240 Å². The summed E-state index contributed by atoms with van der Waals surface area (Å²) >= 11 is 0. The standard InChI is InChI=1S/C76H78N28O20S6/c1-5-81-39(3)103(83-29-27-77)75-91-71(89-73(93-75)87-47-15-25-63(127(113,114)115)61(35-47)99-95-57-21-23-59(55-37-49(125(107,108)109)17-19-51(55)57)97-101-67-65(129(119,120)121)31-41-7-9-43(79)33-53(41)69(67)105)85-45-11-13-46(14-12-45)86-72-90-74(94-76(92-72)104(84-30-28-78)40(4)82-6-2)88-48-16-26-64(128(116,117)118)62(36-48)100-96-58-22-24-60(56-38-50(126(110,111)112)18-20-52(56)58)98-102-68-66(130(122,123)124)32-42-8-10-44(80)34-54(42)70(68)106/h7-26,31-40,81-84,105-106H,5-6,27-30,77-80H2,1-4H3,(H,107,108,109)(H,110,111,112)(H,113,114,115)(H,116,117,118)(H,119,120,121)(H,122,123,124)(H2,85,87,89,91,93)(H2,86,88,90,92,94). The molecule has 130 heavy (non-hydrogen) atoms. The monoisotopic (exact) mass is 1890 g/mol. The molecule has 0 radical (unpaired) electrons. The zero-order valence-corrected chi connectivity index (χ0v) is 72.9. The molecule has 0 bridgehead atoms. The van der Waals surface area contributed by atoms with Crippen molar-refractivity contribution in [2.75, 3.05) is 82.0 Å². The molecule has 0 aliphatic rings. The van der Waals surface area contributed by atoms with Crippen LogP contribution in [0.2, 0.25) is 0 Å². The molecule has 0 fully saturated rings. The number of azo groups is 4. The molecule has 0 saturated heterocycles. The summed E-state index contributed by atoms with van der Waals surface area (Å²) in [4.78, 5) is 23.6. The van der Waals surface area contributed by atoms with Gasteiger partial charge >= 0.3 is 0 Å². The van der Waals surface area contributed by atoms with Crippen molar-refractivity contribution in [1.29, 1.82) is 0 Å². The number of hydrazine groups is 2. The second kappa shape index (κ2) is 38.2. The molecule has 2 atom stereocenters. The third kappa shape index (κ3) is 21.9. The Morgan fingerprint density at radius 2 is 0.654 bits per heavy atom. The van der Waals surface area contributed by atoms with Gasteiger partial charge in [0.05, 0.1) is 44.9 Å². The van der Waals surface area contributed by atoms with Crippen molar-refractivity contribution in [1.82, 2.24) is 51.4 Å². The molecule has 13 aromatic rings. The van der Waals surface area contributed by atoms with E-state index < -0.39 is 137 Å². The SMILES string of the molecule is CCNC(C)N(NCCN)c1nc(Nc2ccc(Nc3nc(Nc4ccc(S(=O)(=O)O)c(N=Nc5ccc(N=Nc6c(S(=O)(=O)O)cc7ccc(N)cc7c6O)c6cc(S(=O)(=O)O)ccc56)c4)nc(N(NCCN)C(C)NCC)n3)cc2)nc(Nc2ccc(S(=O)(=O)O)c(N=Nc3ccc(N=Nc4c(S(=O)(=O)O)cc5ccc(N)cc5c4O)c4cc(S(=O)(=O)O)ccc34)c2)n1. The average Bonchev–Trinajstić information content (AvgIpc) is 0.757. The number of nitrogens with zero attached hydrogens (tertiary/aromatic N) is 16. The van der Waals surface area contributed by atoms with E-state index in [9.17, 15) is 88.0 Å². The van der Waals surface area contributed by atoms with E-state index >= 15 is 0 Å². The number of aromatic hydroxyl groups is 2. The van der Waals surface area contributed by atoms with Gasteiger partial charge in [0.25, 0.3) is 60.7 Å². The number of phenols is 2. The molecular weight excluding hydrogens is 1820 g/mol. The molecule has 0 saturated carbocycles. The maximum atomic E-state index is 13.1. The highest BCUT2D eigenvalue weighted by atomic mass is 32.2. The first-order valence-corrected chi connectivity index (χ1v) is 46.8. The molecule has 0 amide bonds. The van der Waals surface area contributed by atoms with Crippen molar-refractivity contribution in [3.63, 3.8) is 0 Å². The van der Waals surface area contributed by atoms with Gasteiger partial charge < -0.3 is 54.4 Å². The van der Waals surface area contributed by atoms with E-state index in [2.05, 4.69) is 93.6 Å². The molecule has 2 heterocycles. The van der Waals surface area contributed by atoms with Crippen LogP contribution in [0.5, 0.6) is 11.5 Å². The van der Waals surface area contributed by atoms with E-state index in [4.69, 9.17) is 42.9 Å². The van der Waals surface area contributed by atoms with Gasteiger partial charge in [-0.05, 0) is 183 Å². The molecule has 24 N–H and O–H groups in total. The number of hydrogen-bond acceptors (Lipinski definition) is 42. The van der Waals surface area contributed by atoms with Crippen LogP contribution < -0.4 is 75.7 Å². The molecule has 11 aromatic carbocycles. The van der Waals surface area contributed by atoms with Crippen LogP contribution >= 0.6 is 0 Å². The second-order valence-electron chi connectivity index (χ2n) is 28.0. The number of fused-ring (bicyclic) bond motifs is 4. The molecular formula is C76H78N28O20S6. The molecule has 13 rings (SSSR count). The van der Waals surface area contributed by atoms with Crippen molar-refractivity contribution in [3.05, 3.63) is 170 Å². The van der Waals surface area contributed by atoms with E-state index in [1.165, 1.54) is 84.9 Å². The largest absolute Gasteiger partial charge is 0.505 e. The van der Waals surface area contributed by atoms with Gasteiger partial charge in [0, 0.05) is 92.6 Å². The van der Waals surface area contributed by atoms with Gasteiger partial charge in [-0.15, -0.1) is 40.9 Å². The minimum absolute atomic E-state index is 0.000313. The molecule has 0 aliphatic heterocycles. The maximum absolute atomic E-state index is 13.1. The van der Waals surface area contributed by atoms with Crippen LogP contribution in [-0.2, 0) is 60.7 Å². The normalized spacial score (nSPS) is 13.1. The van der Waals surface area contributed by atoms with Crippen LogP contribution in [0.3, 0.4) is 0 Å². The summed E-state index contributed by atoms with van der Waals surface area (Å²) in [6.07, 6.45) is -1.05. The maximum Gasteiger partial charge on any atom is 0.296 e. The minimum Gasteiger partial charge on any atom is -0.505 e. The molecule has 0 spiro atoms. The van der Waals surface area contributed by atoms with E-state index in [-0.39, 0.29) is 150 Å². The lowest BCUT2D eigenvalue weighted by Gasteiger charge is -2.30. The first-order valence-electron chi connectivity index (χ1n) is 38.1. The fraction of sp³-hybridized carbons (Fsp3) is 0.158. The Hall–Kier alpha value is -13.9. The number of benzene rings is 11. The number of hydrogen-bond donors (Lipinski definition) is 20. The Kier molecular flexibility index (Phi) is 27.5. The summed E-state index contributed by atoms with van der Waals surface area (Å²) in [5, 5.41) is 77.9. The summed E-state index contributed by atoms with van der Waals surface area (Å²) in [6.45, 7) is 9.05. The van der Waals surface area contributed by atoms with Gasteiger partial charge in [-0.2, -0.15) is 80.4 Å². The quantitative estimate of drug-likeness (QED) is 0.00570. The van der Waals surface area contributed by atoms with E-state index in [0.29, 0.717) is 24.5 Å². The van der Waals surface area contributed by atoms with Gasteiger partial charge in [0.2, 0.25) is 35.7 Å². The third-order valence-electron chi connectivity index (χ3n) is 18.9. The fourth-order valence-electron chi connectivity index (χ4n) is 13.0. The van der Waals surface area contributed by atoms with Crippen LogP contribution in [0, 0.1) is 0 Å². The van der Waals surface area contributed by atoms with Crippen molar-refractivity contribution in [2.45, 2.75) is 69.4 Å². The molecule has 54 heteroatoms. The van der Waals surface area contributed by atoms with Crippen LogP contribution in [-0.4, -0.2) is 170 Å². The Balaban J connectivity index is 0.809. The topological polar surface area (TPSA) is 750 Å². The second-order valence-corrected chi connectivity index (χ2v) is 36.4. The molecule has 2 unspecified atom stereocenters. The van der Waals surface area contributed by atoms with E-state index in [1.807, 2.05) is 13.8 Å². The average molecular weight is 1900 g/mol. The highest BCUT2D eigenvalue weighted by molar-refractivity contribution is 7.87. The number of rotatable bonds is 36. The van der Waals surface area contributed by atoms with E-state index in [1.54, 1.807) is 48.1 Å². The number of nitrogens with one attached hydrogen (secondary N) is 8. The fourth-order valence-corrected chi connectivity index (χ4v) is 16.5. The number of aromatic nitrogens is 6. The molecule has 2 aromatic heterocycles. The van der Waals surface area contributed by atoms with Gasteiger partial charge in [-0.25, -0.2) is 10.9 Å². The van der Waals surface area contributed by atoms with Gasteiger partial charge in [0.1, 0.15) is 42.3 Å². The lowest BCUT2D eigenvalue weighted by atomic mass is 10.1. The Morgan fingerprint density at radius 3 is 0.977 bits per heavy atom. The Bertz CT molecular complexity index is 7090. The lowest BCUT2D eigenvalue weighted by molar-refractivity contribution is 0.464. The summed E-state index contributed by atoms with van der Waals surface area (Å²) in [6, 6.07) is 34.8. The van der Waals surface area contributed by atoms with Crippen molar-refractivity contribution in [3.8, 4) is 11.5 Å². The summed E-state index contributed by atoms with van der Waals surface area (Å²) in [5.41, 5.74) is 28.2. The first-order chi connectivity index (χ1) is 61.5. The number of anilines is 12. The van der Waals surface area contributed by atoms with Gasteiger partial charge in [-0.3, -0.25) is 48.0 Å². The lowest BCUT2D eigenvalue weighted by Crippen LogP contribution is -2.53. The summed E-state index contributed by atoms with van der Waals surface area (Å²) in [5.74, 6) is -2.03. The predicted octanol–water partition coefficient (Wildman–Crippen LogP) is 11.8. The molecule has 0 aliphatic carbocycles. The molecule has 48 nitrogen and oxygen atoms in total.